The van der Waals surface area contributed by atoms with E-state index in [1.807, 2.05) is 31.2 Å². The molecule has 0 fully saturated rings. The van der Waals surface area contributed by atoms with Crippen LogP contribution in [0.25, 0.3) is 0 Å². The van der Waals surface area contributed by atoms with E-state index >= 15 is 0 Å². The van der Waals surface area contributed by atoms with Crippen LogP contribution in [0, 0.1) is 24.6 Å². The predicted octanol–water partition coefficient (Wildman–Crippen LogP) is 3.02. The van der Waals surface area contributed by atoms with Gasteiger partial charge in [-0.1, -0.05) is 30.0 Å². The Bertz CT molecular complexity index is 656. The molecule has 0 aromatic heterocycles. The van der Waals surface area contributed by atoms with E-state index in [1.54, 1.807) is 6.07 Å². The minimum Gasteiger partial charge on any atom is -0.489 e. The van der Waals surface area contributed by atoms with Crippen molar-refractivity contribution in [2.24, 2.45) is 5.73 Å². The highest BCUT2D eigenvalue weighted by atomic mass is 19.1. The number of hydrogen-bond acceptors (Lipinski definition) is 2. The number of rotatable bonds is 3. The first-order valence-electron chi connectivity index (χ1n) is 6.36. The number of nitrogens with two attached hydrogens (primary N) is 1. The second kappa shape index (κ2) is 6.74. The first kappa shape index (κ1) is 14.1. The fourth-order valence-corrected chi connectivity index (χ4v) is 1.80. The molecule has 2 aromatic carbocycles. The Kier molecular flexibility index (Phi) is 4.75. The Morgan fingerprint density at radius 2 is 2.05 bits per heavy atom. The molecule has 0 spiro atoms. The predicted molar refractivity (Wildman–Crippen MR) is 77.8 cm³/mol. The fraction of sp³-hybridized carbons (Fsp3) is 0.176. The molecule has 102 valence electrons. The molecule has 0 bridgehead atoms. The molecular formula is C17H16FNO. The van der Waals surface area contributed by atoms with E-state index in [4.69, 9.17) is 10.5 Å². The van der Waals surface area contributed by atoms with Crippen molar-refractivity contribution in [2.75, 3.05) is 6.54 Å². The average molecular weight is 269 g/mol. The number of ether oxygens (including phenoxy) is 1. The van der Waals surface area contributed by atoms with Gasteiger partial charge in [0.05, 0.1) is 6.54 Å². The van der Waals surface area contributed by atoms with E-state index in [1.165, 1.54) is 12.1 Å². The van der Waals surface area contributed by atoms with Gasteiger partial charge in [0, 0.05) is 11.1 Å². The summed E-state index contributed by atoms with van der Waals surface area (Å²) in [7, 11) is 0. The van der Waals surface area contributed by atoms with Gasteiger partial charge >= 0.3 is 0 Å². The zero-order valence-electron chi connectivity index (χ0n) is 11.3. The second-order valence-electron chi connectivity index (χ2n) is 4.41. The molecule has 2 N–H and O–H groups in total. The van der Waals surface area contributed by atoms with Gasteiger partial charge in [-0.25, -0.2) is 4.39 Å². The lowest BCUT2D eigenvalue weighted by atomic mass is 10.1. The van der Waals surface area contributed by atoms with Crippen molar-refractivity contribution >= 4 is 0 Å². The molecule has 3 heteroatoms. The summed E-state index contributed by atoms with van der Waals surface area (Å²) in [5.41, 5.74) is 7.93. The van der Waals surface area contributed by atoms with Crippen molar-refractivity contribution in [3.8, 4) is 17.6 Å². The van der Waals surface area contributed by atoms with Gasteiger partial charge in [0.2, 0.25) is 0 Å². The Morgan fingerprint density at radius 1 is 1.20 bits per heavy atom. The third kappa shape index (κ3) is 3.84. The molecule has 2 aromatic rings. The highest BCUT2D eigenvalue weighted by Gasteiger charge is 2.03. The Morgan fingerprint density at radius 3 is 2.80 bits per heavy atom. The first-order chi connectivity index (χ1) is 9.69. The maximum atomic E-state index is 13.3. The highest BCUT2D eigenvalue weighted by molar-refractivity contribution is 5.42. The third-order valence-corrected chi connectivity index (χ3v) is 2.78. The highest BCUT2D eigenvalue weighted by Crippen LogP contribution is 2.17. The van der Waals surface area contributed by atoms with E-state index in [9.17, 15) is 4.39 Å². The number of aryl methyl sites for hydroxylation is 1. The Labute approximate surface area is 118 Å². The van der Waals surface area contributed by atoms with E-state index in [2.05, 4.69) is 11.8 Å². The zero-order chi connectivity index (χ0) is 14.4. The topological polar surface area (TPSA) is 35.2 Å². The Balaban J connectivity index is 2.16. The van der Waals surface area contributed by atoms with Crippen LogP contribution in [0.15, 0.2) is 42.5 Å². The minimum absolute atomic E-state index is 0.245. The van der Waals surface area contributed by atoms with Gasteiger partial charge in [0.1, 0.15) is 18.2 Å². The van der Waals surface area contributed by atoms with Crippen LogP contribution in [-0.2, 0) is 6.61 Å². The summed E-state index contributed by atoms with van der Waals surface area (Å²) in [6, 6.07) is 12.3. The van der Waals surface area contributed by atoms with E-state index in [0.29, 0.717) is 12.2 Å². The summed E-state index contributed by atoms with van der Waals surface area (Å²) in [5.74, 6) is 6.07. The van der Waals surface area contributed by atoms with Crippen molar-refractivity contribution in [3.63, 3.8) is 0 Å². The van der Waals surface area contributed by atoms with E-state index < -0.39 is 0 Å². The SMILES string of the molecule is Cc1cccc(OCc2ccc(F)cc2C#CCN)c1. The number of hydrogen-bond donors (Lipinski definition) is 1. The van der Waals surface area contributed by atoms with Gasteiger partial charge in [-0.3, -0.25) is 0 Å². The number of halogens is 1. The van der Waals surface area contributed by atoms with Gasteiger partial charge < -0.3 is 10.5 Å². The molecule has 0 atom stereocenters. The number of benzene rings is 2. The van der Waals surface area contributed by atoms with Crippen LogP contribution in [0.2, 0.25) is 0 Å². The summed E-state index contributed by atoms with van der Waals surface area (Å²) in [5, 5.41) is 0. The molecule has 0 saturated heterocycles. The lowest BCUT2D eigenvalue weighted by Crippen LogP contribution is -2.00. The van der Waals surface area contributed by atoms with Crippen molar-refractivity contribution in [3.05, 3.63) is 65.0 Å². The van der Waals surface area contributed by atoms with Gasteiger partial charge in [-0.2, -0.15) is 0 Å². The fourth-order valence-electron chi connectivity index (χ4n) is 1.80. The molecule has 0 amide bonds. The van der Waals surface area contributed by atoms with Crippen molar-refractivity contribution in [1.29, 1.82) is 0 Å². The average Bonchev–Trinajstić information content (AvgIpc) is 2.44. The monoisotopic (exact) mass is 269 g/mol. The molecule has 0 aliphatic rings. The summed E-state index contributed by atoms with van der Waals surface area (Å²) >= 11 is 0. The van der Waals surface area contributed by atoms with Crippen LogP contribution in [0.1, 0.15) is 16.7 Å². The van der Waals surface area contributed by atoms with Crippen molar-refractivity contribution in [1.82, 2.24) is 0 Å². The molecule has 0 aliphatic carbocycles. The third-order valence-electron chi connectivity index (χ3n) is 2.78. The van der Waals surface area contributed by atoms with Crippen LogP contribution in [-0.4, -0.2) is 6.54 Å². The van der Waals surface area contributed by atoms with E-state index in [-0.39, 0.29) is 12.4 Å². The maximum absolute atomic E-state index is 13.3. The van der Waals surface area contributed by atoms with Crippen molar-refractivity contribution < 1.29 is 9.13 Å². The second-order valence-corrected chi connectivity index (χ2v) is 4.41. The molecule has 0 saturated carbocycles. The summed E-state index contributed by atoms with van der Waals surface area (Å²) in [6.45, 7) is 2.59. The quantitative estimate of drug-likeness (QED) is 0.869. The zero-order valence-corrected chi connectivity index (χ0v) is 11.3. The molecular weight excluding hydrogens is 253 g/mol. The lowest BCUT2D eigenvalue weighted by molar-refractivity contribution is 0.305. The molecule has 20 heavy (non-hydrogen) atoms. The van der Waals surface area contributed by atoms with Crippen LogP contribution in [0.3, 0.4) is 0 Å². The molecule has 0 heterocycles. The first-order valence-corrected chi connectivity index (χ1v) is 6.36. The lowest BCUT2D eigenvalue weighted by Gasteiger charge is -2.09. The molecule has 2 rings (SSSR count). The van der Waals surface area contributed by atoms with Crippen LogP contribution in [0.5, 0.6) is 5.75 Å². The summed E-state index contributed by atoms with van der Waals surface area (Å²) in [4.78, 5) is 0. The van der Waals surface area contributed by atoms with Crippen LogP contribution >= 0.6 is 0 Å². The standard InChI is InChI=1S/C17H16FNO/c1-13-4-2-6-17(10-13)20-12-15-7-8-16(18)11-14(15)5-3-9-19/h2,4,6-8,10-11H,9,12,19H2,1H3. The molecule has 0 radical (unpaired) electrons. The Hall–Kier alpha value is -2.31. The van der Waals surface area contributed by atoms with Gasteiger partial charge in [-0.15, -0.1) is 0 Å². The maximum Gasteiger partial charge on any atom is 0.124 e. The van der Waals surface area contributed by atoms with Gasteiger partial charge in [0.25, 0.3) is 0 Å². The van der Waals surface area contributed by atoms with Crippen LogP contribution < -0.4 is 10.5 Å². The molecule has 2 nitrogen and oxygen atoms in total. The summed E-state index contributed by atoms with van der Waals surface area (Å²) in [6.07, 6.45) is 0. The van der Waals surface area contributed by atoms with Crippen molar-refractivity contribution in [2.45, 2.75) is 13.5 Å². The minimum atomic E-state index is -0.314. The van der Waals surface area contributed by atoms with Gasteiger partial charge in [-0.05, 0) is 36.8 Å². The summed E-state index contributed by atoms with van der Waals surface area (Å²) < 4.78 is 19.0. The van der Waals surface area contributed by atoms with Gasteiger partial charge in [0.15, 0.2) is 0 Å². The van der Waals surface area contributed by atoms with E-state index in [0.717, 1.165) is 16.9 Å². The normalized spacial score (nSPS) is 9.75. The smallest absolute Gasteiger partial charge is 0.124 e. The largest absolute Gasteiger partial charge is 0.489 e. The molecule has 0 unspecified atom stereocenters. The van der Waals surface area contributed by atoms with Crippen LogP contribution in [0.4, 0.5) is 4.39 Å². The molecule has 0 aliphatic heterocycles.